The van der Waals surface area contributed by atoms with Crippen LogP contribution in [0.1, 0.15) is 57.6 Å². The van der Waals surface area contributed by atoms with Gasteiger partial charge in [-0.05, 0) is 71.6 Å². The van der Waals surface area contributed by atoms with Crippen LogP contribution in [-0.2, 0) is 6.42 Å². The molecule has 1 aromatic carbocycles. The molecule has 0 aromatic heterocycles. The van der Waals surface area contributed by atoms with Gasteiger partial charge in [0.2, 0.25) is 0 Å². The largest absolute Gasteiger partial charge is 0.371 e. The van der Waals surface area contributed by atoms with Crippen molar-refractivity contribution in [2.45, 2.75) is 65.3 Å². The standard InChI is InChI=1S/C19H32N2/c1-16-10-11-18-17(15-16)9-8-14-21(18)13-7-5-6-12-20-19(2,3)4/h10-11,15,20H,5-9,12-14H2,1-4H3. The zero-order chi connectivity index (χ0) is 15.3. The molecule has 0 fully saturated rings. The van der Waals surface area contributed by atoms with Crippen molar-refractivity contribution in [3.05, 3.63) is 29.3 Å². The summed E-state index contributed by atoms with van der Waals surface area (Å²) in [4.78, 5) is 2.59. The van der Waals surface area contributed by atoms with E-state index in [2.05, 4.69) is 56.1 Å². The minimum Gasteiger partial charge on any atom is -0.371 e. The Morgan fingerprint density at radius 2 is 1.95 bits per heavy atom. The number of rotatable bonds is 6. The van der Waals surface area contributed by atoms with Crippen LogP contribution in [0.25, 0.3) is 0 Å². The molecular weight excluding hydrogens is 256 g/mol. The first-order valence-electron chi connectivity index (χ1n) is 8.55. The summed E-state index contributed by atoms with van der Waals surface area (Å²) < 4.78 is 0. The molecule has 0 spiro atoms. The maximum atomic E-state index is 3.57. The predicted octanol–water partition coefficient (Wildman–Crippen LogP) is 4.31. The van der Waals surface area contributed by atoms with E-state index in [-0.39, 0.29) is 5.54 Å². The number of hydrogen-bond acceptors (Lipinski definition) is 2. The molecule has 1 aliphatic rings. The lowest BCUT2D eigenvalue weighted by Crippen LogP contribution is -2.36. The van der Waals surface area contributed by atoms with E-state index >= 15 is 0 Å². The average Bonchev–Trinajstić information content (AvgIpc) is 2.41. The molecule has 2 rings (SSSR count). The highest BCUT2D eigenvalue weighted by molar-refractivity contribution is 5.56. The van der Waals surface area contributed by atoms with E-state index < -0.39 is 0 Å². The van der Waals surface area contributed by atoms with Gasteiger partial charge in [0.15, 0.2) is 0 Å². The Bertz CT molecular complexity index is 445. The van der Waals surface area contributed by atoms with Gasteiger partial charge in [-0.25, -0.2) is 0 Å². The molecule has 21 heavy (non-hydrogen) atoms. The Morgan fingerprint density at radius 1 is 1.14 bits per heavy atom. The fourth-order valence-electron chi connectivity index (χ4n) is 3.10. The number of nitrogens with zero attached hydrogens (tertiary/aromatic N) is 1. The van der Waals surface area contributed by atoms with Crippen LogP contribution in [0.15, 0.2) is 18.2 Å². The molecule has 1 aromatic rings. The first kappa shape index (κ1) is 16.4. The molecular formula is C19H32N2. The molecule has 0 radical (unpaired) electrons. The van der Waals surface area contributed by atoms with Gasteiger partial charge < -0.3 is 10.2 Å². The summed E-state index contributed by atoms with van der Waals surface area (Å²) in [7, 11) is 0. The number of unbranched alkanes of at least 4 members (excludes halogenated alkanes) is 2. The molecule has 0 amide bonds. The van der Waals surface area contributed by atoms with Crippen LogP contribution in [0.5, 0.6) is 0 Å². The Hall–Kier alpha value is -1.02. The van der Waals surface area contributed by atoms with Crippen molar-refractivity contribution in [2.75, 3.05) is 24.5 Å². The van der Waals surface area contributed by atoms with E-state index in [1.165, 1.54) is 56.4 Å². The van der Waals surface area contributed by atoms with Crippen molar-refractivity contribution in [3.63, 3.8) is 0 Å². The predicted molar refractivity (Wildman–Crippen MR) is 93.3 cm³/mol. The minimum atomic E-state index is 0.254. The normalized spacial score (nSPS) is 15.1. The molecule has 1 aliphatic heterocycles. The highest BCUT2D eigenvalue weighted by atomic mass is 15.1. The molecule has 0 atom stereocenters. The van der Waals surface area contributed by atoms with Crippen molar-refractivity contribution < 1.29 is 0 Å². The van der Waals surface area contributed by atoms with E-state index in [4.69, 9.17) is 0 Å². The van der Waals surface area contributed by atoms with Crippen molar-refractivity contribution in [1.82, 2.24) is 5.32 Å². The molecule has 0 bridgehead atoms. The van der Waals surface area contributed by atoms with Gasteiger partial charge in [0.25, 0.3) is 0 Å². The smallest absolute Gasteiger partial charge is 0.0398 e. The van der Waals surface area contributed by atoms with Gasteiger partial charge in [-0.3, -0.25) is 0 Å². The van der Waals surface area contributed by atoms with Crippen molar-refractivity contribution >= 4 is 5.69 Å². The van der Waals surface area contributed by atoms with Gasteiger partial charge in [-0.1, -0.05) is 24.1 Å². The lowest BCUT2D eigenvalue weighted by Gasteiger charge is -2.31. The SMILES string of the molecule is Cc1ccc2c(c1)CCCN2CCCCCNC(C)(C)C. The van der Waals surface area contributed by atoms with Crippen LogP contribution in [0, 0.1) is 6.92 Å². The van der Waals surface area contributed by atoms with Gasteiger partial charge >= 0.3 is 0 Å². The molecule has 1 heterocycles. The van der Waals surface area contributed by atoms with E-state index in [1.54, 1.807) is 5.56 Å². The average molecular weight is 288 g/mol. The number of benzene rings is 1. The van der Waals surface area contributed by atoms with Gasteiger partial charge in [0.05, 0.1) is 0 Å². The highest BCUT2D eigenvalue weighted by Gasteiger charge is 2.16. The van der Waals surface area contributed by atoms with E-state index in [9.17, 15) is 0 Å². The summed E-state index contributed by atoms with van der Waals surface area (Å²) in [6.45, 7) is 12.5. The van der Waals surface area contributed by atoms with Gasteiger partial charge in [0, 0.05) is 24.3 Å². The molecule has 2 nitrogen and oxygen atoms in total. The first-order valence-corrected chi connectivity index (χ1v) is 8.55. The summed E-state index contributed by atoms with van der Waals surface area (Å²) in [5.41, 5.74) is 4.68. The summed E-state index contributed by atoms with van der Waals surface area (Å²) in [6, 6.07) is 6.95. The molecule has 0 saturated carbocycles. The number of nitrogens with one attached hydrogen (secondary N) is 1. The Labute approximate surface area is 130 Å². The summed E-state index contributed by atoms with van der Waals surface area (Å²) in [5.74, 6) is 0. The van der Waals surface area contributed by atoms with Crippen LogP contribution in [0.4, 0.5) is 5.69 Å². The second-order valence-electron chi connectivity index (χ2n) is 7.46. The van der Waals surface area contributed by atoms with Gasteiger partial charge in [0.1, 0.15) is 0 Å². The minimum absolute atomic E-state index is 0.254. The third-order valence-electron chi connectivity index (χ3n) is 4.21. The lowest BCUT2D eigenvalue weighted by atomic mass is 9.99. The highest BCUT2D eigenvalue weighted by Crippen LogP contribution is 2.28. The fraction of sp³-hybridized carbons (Fsp3) is 0.684. The quantitative estimate of drug-likeness (QED) is 0.785. The number of fused-ring (bicyclic) bond motifs is 1. The van der Waals surface area contributed by atoms with Crippen molar-refractivity contribution in [1.29, 1.82) is 0 Å². The monoisotopic (exact) mass is 288 g/mol. The van der Waals surface area contributed by atoms with Gasteiger partial charge in [-0.2, -0.15) is 0 Å². The van der Waals surface area contributed by atoms with E-state index in [1.807, 2.05) is 0 Å². The summed E-state index contributed by atoms with van der Waals surface area (Å²) >= 11 is 0. The molecule has 118 valence electrons. The maximum absolute atomic E-state index is 3.57. The summed E-state index contributed by atoms with van der Waals surface area (Å²) in [6.07, 6.45) is 6.47. The Morgan fingerprint density at radius 3 is 2.71 bits per heavy atom. The number of anilines is 1. The molecule has 0 unspecified atom stereocenters. The topological polar surface area (TPSA) is 15.3 Å². The van der Waals surface area contributed by atoms with E-state index in [0.717, 1.165) is 6.54 Å². The van der Waals surface area contributed by atoms with Crippen LogP contribution in [0.2, 0.25) is 0 Å². The molecule has 0 aliphatic carbocycles. The third kappa shape index (κ3) is 5.35. The van der Waals surface area contributed by atoms with Crippen LogP contribution in [-0.4, -0.2) is 25.2 Å². The maximum Gasteiger partial charge on any atom is 0.0398 e. The second-order valence-corrected chi connectivity index (χ2v) is 7.46. The zero-order valence-corrected chi connectivity index (χ0v) is 14.3. The third-order valence-corrected chi connectivity index (χ3v) is 4.21. The molecule has 2 heteroatoms. The van der Waals surface area contributed by atoms with Crippen molar-refractivity contribution in [2.24, 2.45) is 0 Å². The fourth-order valence-corrected chi connectivity index (χ4v) is 3.10. The van der Waals surface area contributed by atoms with Crippen LogP contribution in [0.3, 0.4) is 0 Å². The lowest BCUT2D eigenvalue weighted by molar-refractivity contribution is 0.417. The van der Waals surface area contributed by atoms with Gasteiger partial charge in [-0.15, -0.1) is 0 Å². The van der Waals surface area contributed by atoms with Crippen molar-refractivity contribution in [3.8, 4) is 0 Å². The number of hydrogen-bond donors (Lipinski definition) is 1. The van der Waals surface area contributed by atoms with Crippen LogP contribution >= 0.6 is 0 Å². The van der Waals surface area contributed by atoms with Crippen LogP contribution < -0.4 is 10.2 Å². The second kappa shape index (κ2) is 7.31. The number of aryl methyl sites for hydroxylation is 2. The van der Waals surface area contributed by atoms with E-state index in [0.29, 0.717) is 0 Å². The zero-order valence-electron chi connectivity index (χ0n) is 14.3. The Balaban J connectivity index is 1.73. The molecule has 0 saturated heterocycles. The molecule has 1 N–H and O–H groups in total. The Kier molecular flexibility index (Phi) is 5.69. The summed E-state index contributed by atoms with van der Waals surface area (Å²) in [5, 5.41) is 3.57. The first-order chi connectivity index (χ1) is 9.96.